The van der Waals surface area contributed by atoms with Crippen LogP contribution < -0.4 is 0 Å². The molecular weight excluding hydrogens is 937 g/mol. The molecule has 0 aliphatic heterocycles. The topological polar surface area (TPSA) is 0 Å². The zero-order valence-corrected chi connectivity index (χ0v) is 43.2. The number of hydrogen-bond donors (Lipinski definition) is 0. The van der Waals surface area contributed by atoms with Gasteiger partial charge in [0, 0.05) is 0 Å². The van der Waals surface area contributed by atoms with Crippen LogP contribution in [0.4, 0.5) is 0 Å². The largest absolute Gasteiger partial charge is 0.0622 e. The Morgan fingerprint density at radius 1 is 0.192 bits per heavy atom. The van der Waals surface area contributed by atoms with Crippen LogP contribution in [0.5, 0.6) is 0 Å². The zero-order valence-electron chi connectivity index (χ0n) is 43.2. The zero-order chi connectivity index (χ0) is 52.0. The molecule has 366 valence electrons. The first kappa shape index (κ1) is 47.6. The first-order valence-corrected chi connectivity index (χ1v) is 26.9. The maximum Gasteiger partial charge on any atom is -0.00261 e. The molecule has 0 bridgehead atoms. The fourth-order valence-corrected chi connectivity index (χ4v) is 11.3. The van der Waals surface area contributed by atoms with E-state index in [2.05, 4.69) is 328 Å². The van der Waals surface area contributed by atoms with Crippen LogP contribution in [0, 0.1) is 0 Å². The molecule has 0 saturated carbocycles. The molecule has 0 heteroatoms. The Hall–Kier alpha value is -10.1. The van der Waals surface area contributed by atoms with Crippen molar-refractivity contribution in [1.82, 2.24) is 0 Å². The summed E-state index contributed by atoms with van der Waals surface area (Å²) in [7, 11) is 0. The lowest BCUT2D eigenvalue weighted by Gasteiger charge is -2.20. The molecule has 0 fully saturated rings. The predicted octanol–water partition coefficient (Wildman–Crippen LogP) is 21.2. The number of fused-ring (bicyclic) bond motifs is 2. The van der Waals surface area contributed by atoms with Crippen LogP contribution in [-0.4, -0.2) is 0 Å². The highest BCUT2D eigenvalue weighted by atomic mass is 14.2. The van der Waals surface area contributed by atoms with Gasteiger partial charge in [-0.2, -0.15) is 0 Å². The molecule has 13 aromatic carbocycles. The van der Waals surface area contributed by atoms with Gasteiger partial charge in [0.15, 0.2) is 0 Å². The van der Waals surface area contributed by atoms with E-state index in [0.29, 0.717) is 0 Å². The smallest absolute Gasteiger partial charge is 0.00261 e. The second-order valence-electron chi connectivity index (χ2n) is 20.0. The lowest BCUT2D eigenvalue weighted by atomic mass is 9.83. The minimum absolute atomic E-state index is 1.16. The molecule has 0 radical (unpaired) electrons. The standard InChI is InChI=1S/C78H54/c1-6-24-59(25-7-1)69-36-16-17-37-70(69)68-48-49-73-76(54-68)78(65-46-42-58(43-47-65)67-35-21-23-56(51-67)53-75(62-30-12-4-13-31-62)63-32-14-5-15-33-63)72-39-19-18-38-71(72)77(73)64-44-40-57(41-45-64)66-34-20-22-55(50-66)52-74(60-26-8-2-9-27-60)61-28-10-3-11-29-61/h1-54H. The quantitative estimate of drug-likeness (QED) is 0.0845. The van der Waals surface area contributed by atoms with Crippen LogP contribution in [-0.2, 0) is 0 Å². The summed E-state index contributed by atoms with van der Waals surface area (Å²) in [6.07, 6.45) is 4.63. The van der Waals surface area contributed by atoms with Gasteiger partial charge in [-0.25, -0.2) is 0 Å². The molecule has 0 amide bonds. The lowest BCUT2D eigenvalue weighted by Crippen LogP contribution is -1.93. The Bertz CT molecular complexity index is 4200. The van der Waals surface area contributed by atoms with E-state index in [-0.39, 0.29) is 0 Å². The summed E-state index contributed by atoms with van der Waals surface area (Å²) in [6.45, 7) is 0. The number of rotatable bonds is 12. The van der Waals surface area contributed by atoms with Crippen LogP contribution in [0.25, 0.3) is 112 Å². The Labute approximate surface area is 457 Å². The van der Waals surface area contributed by atoms with Crippen LogP contribution in [0.3, 0.4) is 0 Å². The van der Waals surface area contributed by atoms with Crippen molar-refractivity contribution in [1.29, 1.82) is 0 Å². The van der Waals surface area contributed by atoms with Gasteiger partial charge in [-0.1, -0.05) is 297 Å². The molecule has 78 heavy (non-hydrogen) atoms. The molecule has 0 unspecified atom stereocenters. The van der Waals surface area contributed by atoms with Gasteiger partial charge in [-0.05, 0) is 163 Å². The van der Waals surface area contributed by atoms with E-state index in [0.717, 1.165) is 11.1 Å². The van der Waals surface area contributed by atoms with E-state index in [1.54, 1.807) is 0 Å². The highest BCUT2D eigenvalue weighted by molar-refractivity contribution is 6.22. The third kappa shape index (κ3) is 9.72. The summed E-state index contributed by atoms with van der Waals surface area (Å²) in [4.78, 5) is 0. The van der Waals surface area contributed by atoms with Crippen LogP contribution in [0.2, 0.25) is 0 Å². The van der Waals surface area contributed by atoms with Gasteiger partial charge in [-0.15, -0.1) is 0 Å². The molecule has 13 rings (SSSR count). The van der Waals surface area contributed by atoms with Gasteiger partial charge in [0.25, 0.3) is 0 Å². The van der Waals surface area contributed by atoms with Gasteiger partial charge in [0.1, 0.15) is 0 Å². The van der Waals surface area contributed by atoms with Gasteiger partial charge in [-0.3, -0.25) is 0 Å². The number of hydrogen-bond acceptors (Lipinski definition) is 0. The second-order valence-corrected chi connectivity index (χ2v) is 20.0. The minimum Gasteiger partial charge on any atom is -0.0622 e. The summed E-state index contributed by atoms with van der Waals surface area (Å²) < 4.78 is 0. The number of benzene rings is 13. The van der Waals surface area contributed by atoms with Gasteiger partial charge < -0.3 is 0 Å². The van der Waals surface area contributed by atoms with Crippen molar-refractivity contribution in [2.75, 3.05) is 0 Å². The Morgan fingerprint density at radius 3 is 0.949 bits per heavy atom. The fraction of sp³-hybridized carbons (Fsp3) is 0. The molecule has 0 aromatic heterocycles. The average molecular weight is 991 g/mol. The van der Waals surface area contributed by atoms with Crippen molar-refractivity contribution >= 4 is 44.8 Å². The van der Waals surface area contributed by atoms with E-state index in [4.69, 9.17) is 0 Å². The normalized spacial score (nSPS) is 11.1. The van der Waals surface area contributed by atoms with Crippen molar-refractivity contribution < 1.29 is 0 Å². The van der Waals surface area contributed by atoms with Crippen molar-refractivity contribution in [3.8, 4) is 66.8 Å². The highest BCUT2D eigenvalue weighted by Crippen LogP contribution is 2.46. The monoisotopic (exact) mass is 990 g/mol. The van der Waals surface area contributed by atoms with Crippen LogP contribution in [0.1, 0.15) is 33.4 Å². The summed E-state index contributed by atoms with van der Waals surface area (Å²) in [5.41, 5.74) is 23.8. The molecule has 0 spiro atoms. The maximum absolute atomic E-state index is 2.44. The SMILES string of the molecule is C(=C(c1ccccc1)c1ccccc1)c1cccc(-c2ccc(-c3c4ccccc4c(-c4ccc(-c5cccc(C=C(c6ccccc6)c6ccccc6)c5)cc4)c4cc(-c5ccccc5-c5ccccc5)ccc34)cc2)c1. The molecule has 0 atom stereocenters. The van der Waals surface area contributed by atoms with Gasteiger partial charge in [0.2, 0.25) is 0 Å². The molecule has 13 aromatic rings. The second kappa shape index (κ2) is 21.6. The Kier molecular flexibility index (Phi) is 13.2. The minimum atomic E-state index is 1.16. The van der Waals surface area contributed by atoms with Gasteiger partial charge >= 0.3 is 0 Å². The molecule has 0 N–H and O–H groups in total. The highest BCUT2D eigenvalue weighted by Gasteiger charge is 2.19. The van der Waals surface area contributed by atoms with E-state index < -0.39 is 0 Å². The molecule has 0 nitrogen and oxygen atoms in total. The maximum atomic E-state index is 2.44. The first-order valence-electron chi connectivity index (χ1n) is 26.9. The summed E-state index contributed by atoms with van der Waals surface area (Å²) in [6, 6.07) is 115. The fourth-order valence-electron chi connectivity index (χ4n) is 11.3. The van der Waals surface area contributed by atoms with Crippen LogP contribution in [0.15, 0.2) is 315 Å². The third-order valence-electron chi connectivity index (χ3n) is 15.1. The third-order valence-corrected chi connectivity index (χ3v) is 15.1. The van der Waals surface area contributed by atoms with Crippen molar-refractivity contribution in [2.45, 2.75) is 0 Å². The molecule has 0 aliphatic carbocycles. The van der Waals surface area contributed by atoms with Gasteiger partial charge in [0.05, 0.1) is 0 Å². The Balaban J connectivity index is 0.919. The molecule has 0 aliphatic rings. The van der Waals surface area contributed by atoms with E-state index in [1.165, 1.54) is 122 Å². The van der Waals surface area contributed by atoms with E-state index in [1.807, 2.05) is 0 Å². The summed E-state index contributed by atoms with van der Waals surface area (Å²) >= 11 is 0. The van der Waals surface area contributed by atoms with E-state index in [9.17, 15) is 0 Å². The molecular formula is C78H54. The predicted molar refractivity (Wildman–Crippen MR) is 334 cm³/mol. The molecule has 0 saturated heterocycles. The lowest BCUT2D eigenvalue weighted by molar-refractivity contribution is 1.55. The molecule has 0 heterocycles. The summed E-state index contributed by atoms with van der Waals surface area (Å²) in [5.74, 6) is 0. The summed E-state index contributed by atoms with van der Waals surface area (Å²) in [5, 5.41) is 4.88. The average Bonchev–Trinajstić information content (AvgIpc) is 3.63. The Morgan fingerprint density at radius 2 is 0.513 bits per heavy atom. The van der Waals surface area contributed by atoms with Crippen molar-refractivity contribution in [2.24, 2.45) is 0 Å². The van der Waals surface area contributed by atoms with Crippen molar-refractivity contribution in [3.63, 3.8) is 0 Å². The van der Waals surface area contributed by atoms with Crippen LogP contribution >= 0.6 is 0 Å². The van der Waals surface area contributed by atoms with Crippen molar-refractivity contribution in [3.05, 3.63) is 349 Å². The van der Waals surface area contributed by atoms with E-state index >= 15 is 0 Å². The first-order chi connectivity index (χ1) is 38.7.